The average molecular weight is 279 g/mol. The highest BCUT2D eigenvalue weighted by molar-refractivity contribution is 9.10. The molecule has 0 radical (unpaired) electrons. The molecule has 0 amide bonds. The van der Waals surface area contributed by atoms with E-state index in [0.717, 1.165) is 0 Å². The summed E-state index contributed by atoms with van der Waals surface area (Å²) in [6.45, 7) is 5.27. The molecular formula is C11H13BrF2O. The fourth-order valence-corrected chi connectivity index (χ4v) is 1.88. The van der Waals surface area contributed by atoms with E-state index < -0.39 is 17.0 Å². The highest BCUT2D eigenvalue weighted by Crippen LogP contribution is 2.37. The van der Waals surface area contributed by atoms with Crippen molar-refractivity contribution in [1.82, 2.24) is 0 Å². The number of hydrogen-bond acceptors (Lipinski definition) is 1. The highest BCUT2D eigenvalue weighted by atomic mass is 79.9. The maximum atomic E-state index is 13.8. The number of hydrogen-bond donors (Lipinski definition) is 0. The molecule has 0 fully saturated rings. The van der Waals surface area contributed by atoms with Crippen LogP contribution < -0.4 is 4.74 Å². The van der Waals surface area contributed by atoms with Gasteiger partial charge in [0, 0.05) is 11.6 Å². The first-order valence-electron chi connectivity index (χ1n) is 4.51. The fourth-order valence-electron chi connectivity index (χ4n) is 1.41. The molecule has 0 aliphatic carbocycles. The van der Waals surface area contributed by atoms with E-state index in [1.165, 1.54) is 13.2 Å². The molecule has 0 aliphatic rings. The van der Waals surface area contributed by atoms with Crippen molar-refractivity contribution < 1.29 is 13.5 Å². The topological polar surface area (TPSA) is 9.23 Å². The van der Waals surface area contributed by atoms with Crippen LogP contribution in [0.4, 0.5) is 8.78 Å². The molecule has 1 aromatic rings. The van der Waals surface area contributed by atoms with E-state index in [2.05, 4.69) is 15.9 Å². The van der Waals surface area contributed by atoms with Gasteiger partial charge in [0.1, 0.15) is 17.4 Å². The van der Waals surface area contributed by atoms with Crippen LogP contribution in [0.25, 0.3) is 0 Å². The second kappa shape index (κ2) is 4.08. The number of ether oxygens (including phenoxy) is 1. The van der Waals surface area contributed by atoms with Gasteiger partial charge in [-0.1, -0.05) is 20.8 Å². The first-order chi connectivity index (χ1) is 6.79. The molecule has 0 N–H and O–H groups in total. The summed E-state index contributed by atoms with van der Waals surface area (Å²) < 4.78 is 32.5. The van der Waals surface area contributed by atoms with Crippen LogP contribution in [-0.2, 0) is 5.41 Å². The quantitative estimate of drug-likeness (QED) is 0.705. The van der Waals surface area contributed by atoms with E-state index >= 15 is 0 Å². The summed E-state index contributed by atoms with van der Waals surface area (Å²) in [5, 5.41) is 0. The first-order valence-corrected chi connectivity index (χ1v) is 5.30. The van der Waals surface area contributed by atoms with Crippen LogP contribution in [-0.4, -0.2) is 7.11 Å². The van der Waals surface area contributed by atoms with Crippen molar-refractivity contribution >= 4 is 15.9 Å². The van der Waals surface area contributed by atoms with Gasteiger partial charge in [0.15, 0.2) is 0 Å². The van der Waals surface area contributed by atoms with E-state index in [1.807, 2.05) is 0 Å². The molecule has 1 aromatic carbocycles. The smallest absolute Gasteiger partial charge is 0.147 e. The molecule has 1 rings (SSSR count). The molecule has 0 saturated carbocycles. The first kappa shape index (κ1) is 12.4. The molecule has 0 heterocycles. The average Bonchev–Trinajstić information content (AvgIpc) is 2.09. The van der Waals surface area contributed by atoms with E-state index in [4.69, 9.17) is 4.74 Å². The van der Waals surface area contributed by atoms with Crippen LogP contribution in [0.3, 0.4) is 0 Å². The van der Waals surface area contributed by atoms with E-state index in [1.54, 1.807) is 20.8 Å². The molecule has 0 saturated heterocycles. The van der Waals surface area contributed by atoms with E-state index in [-0.39, 0.29) is 15.8 Å². The lowest BCUT2D eigenvalue weighted by molar-refractivity contribution is 0.395. The van der Waals surface area contributed by atoms with Gasteiger partial charge < -0.3 is 4.74 Å². The van der Waals surface area contributed by atoms with Crippen LogP contribution in [0.5, 0.6) is 5.75 Å². The Hall–Kier alpha value is -0.640. The van der Waals surface area contributed by atoms with Gasteiger partial charge in [-0.3, -0.25) is 0 Å². The minimum atomic E-state index is -0.598. The van der Waals surface area contributed by atoms with E-state index in [0.29, 0.717) is 0 Å². The maximum absolute atomic E-state index is 13.8. The molecule has 0 aromatic heterocycles. The Morgan fingerprint density at radius 3 is 2.20 bits per heavy atom. The van der Waals surface area contributed by atoms with Crippen molar-refractivity contribution in [2.45, 2.75) is 26.2 Å². The predicted molar refractivity (Wildman–Crippen MR) is 59.3 cm³/mol. The van der Waals surface area contributed by atoms with Gasteiger partial charge in [-0.25, -0.2) is 8.78 Å². The molecule has 0 spiro atoms. The second-order valence-corrected chi connectivity index (χ2v) is 5.11. The monoisotopic (exact) mass is 278 g/mol. The highest BCUT2D eigenvalue weighted by Gasteiger charge is 2.26. The molecular weight excluding hydrogens is 266 g/mol. The minimum absolute atomic E-state index is 0.0650. The van der Waals surface area contributed by atoms with E-state index in [9.17, 15) is 8.78 Å². The van der Waals surface area contributed by atoms with Gasteiger partial charge >= 0.3 is 0 Å². The number of benzene rings is 1. The molecule has 4 heteroatoms. The Labute approximate surface area is 96.6 Å². The molecule has 1 nitrogen and oxygen atoms in total. The summed E-state index contributed by atoms with van der Waals surface area (Å²) in [7, 11) is 1.37. The molecule has 0 aliphatic heterocycles. The van der Waals surface area contributed by atoms with Gasteiger partial charge in [0.25, 0.3) is 0 Å². The Balaban J connectivity index is 3.50. The van der Waals surface area contributed by atoms with Crippen molar-refractivity contribution in [3.63, 3.8) is 0 Å². The summed E-state index contributed by atoms with van der Waals surface area (Å²) in [6, 6.07) is 1.19. The van der Waals surface area contributed by atoms with Gasteiger partial charge in [0.2, 0.25) is 0 Å². The van der Waals surface area contributed by atoms with Gasteiger partial charge in [-0.15, -0.1) is 0 Å². The van der Waals surface area contributed by atoms with Crippen LogP contribution >= 0.6 is 15.9 Å². The lowest BCUT2D eigenvalue weighted by Crippen LogP contribution is -2.16. The normalized spacial score (nSPS) is 11.7. The Morgan fingerprint density at radius 2 is 1.80 bits per heavy atom. The zero-order valence-corrected chi connectivity index (χ0v) is 10.7. The van der Waals surface area contributed by atoms with Crippen molar-refractivity contribution in [3.05, 3.63) is 27.7 Å². The summed E-state index contributed by atoms with van der Waals surface area (Å²) in [4.78, 5) is 0. The van der Waals surface area contributed by atoms with Gasteiger partial charge in [-0.2, -0.15) is 0 Å². The van der Waals surface area contributed by atoms with Crippen LogP contribution in [0.2, 0.25) is 0 Å². The van der Waals surface area contributed by atoms with Crippen LogP contribution in [0, 0.1) is 11.6 Å². The zero-order valence-electron chi connectivity index (χ0n) is 9.12. The van der Waals surface area contributed by atoms with Crippen LogP contribution in [0.1, 0.15) is 26.3 Å². The third kappa shape index (κ3) is 2.30. The summed E-state index contributed by atoms with van der Waals surface area (Å²) in [5.41, 5.74) is -0.515. The van der Waals surface area contributed by atoms with Crippen molar-refractivity contribution in [1.29, 1.82) is 0 Å². The van der Waals surface area contributed by atoms with Crippen molar-refractivity contribution in [2.75, 3.05) is 7.11 Å². The SMILES string of the molecule is COc1cc(F)c(C(C)(C)C)c(F)c1Br. The summed E-state index contributed by atoms with van der Waals surface area (Å²) >= 11 is 3.05. The molecule has 15 heavy (non-hydrogen) atoms. The molecule has 0 bridgehead atoms. The largest absolute Gasteiger partial charge is 0.495 e. The van der Waals surface area contributed by atoms with Crippen molar-refractivity contribution in [2.24, 2.45) is 0 Å². The lowest BCUT2D eigenvalue weighted by Gasteiger charge is -2.22. The number of methoxy groups -OCH3 is 1. The number of rotatable bonds is 1. The predicted octanol–water partition coefficient (Wildman–Crippen LogP) is 4.03. The maximum Gasteiger partial charge on any atom is 0.147 e. The third-order valence-corrected chi connectivity index (χ3v) is 2.83. The Bertz CT molecular complexity index is 383. The lowest BCUT2D eigenvalue weighted by atomic mass is 9.86. The standard InChI is InChI=1S/C11H13BrF2O/c1-11(2,3)8-6(13)5-7(15-4)9(12)10(8)14/h5H,1-4H3. The third-order valence-electron chi connectivity index (χ3n) is 2.10. The summed E-state index contributed by atoms with van der Waals surface area (Å²) in [5.74, 6) is -1.02. The minimum Gasteiger partial charge on any atom is -0.495 e. The number of halogens is 3. The zero-order chi connectivity index (χ0) is 11.8. The van der Waals surface area contributed by atoms with Gasteiger partial charge in [-0.05, 0) is 21.3 Å². The molecule has 0 unspecified atom stereocenters. The van der Waals surface area contributed by atoms with Crippen LogP contribution in [0.15, 0.2) is 10.5 Å². The Kier molecular flexibility index (Phi) is 3.38. The fraction of sp³-hybridized carbons (Fsp3) is 0.455. The second-order valence-electron chi connectivity index (χ2n) is 4.31. The van der Waals surface area contributed by atoms with Crippen molar-refractivity contribution in [3.8, 4) is 5.75 Å². The molecule has 0 atom stereocenters. The van der Waals surface area contributed by atoms with Gasteiger partial charge in [0.05, 0.1) is 11.6 Å². The Morgan fingerprint density at radius 1 is 1.27 bits per heavy atom. The summed E-state index contributed by atoms with van der Waals surface area (Å²) in [6.07, 6.45) is 0. The molecule has 84 valence electrons.